The molecular formula is C20H22N4O4. The van der Waals surface area contributed by atoms with Gasteiger partial charge in [-0.1, -0.05) is 36.4 Å². The normalized spacial score (nSPS) is 10.8. The first-order valence-corrected chi connectivity index (χ1v) is 8.55. The van der Waals surface area contributed by atoms with Gasteiger partial charge in [-0.2, -0.15) is 10.2 Å². The fourth-order valence-electron chi connectivity index (χ4n) is 2.07. The minimum Gasteiger partial charge on any atom is -0.483 e. The standard InChI is InChI=1S/C20H22N4O4/c1-15-7-3-5-9-17(15)27-13-19(25)23-21-11-12-22-24-20(26)14-28-18-10-6-4-8-16(18)2/h3-12H,13-14H2,1-2H3,(H,23,25)(H,24,26). The Balaban J connectivity index is 1.62. The van der Waals surface area contributed by atoms with Crippen molar-refractivity contribution in [3.8, 4) is 11.5 Å². The summed E-state index contributed by atoms with van der Waals surface area (Å²) in [6.45, 7) is 3.46. The number of hydrogen-bond acceptors (Lipinski definition) is 6. The zero-order valence-corrected chi connectivity index (χ0v) is 15.7. The van der Waals surface area contributed by atoms with Crippen molar-refractivity contribution in [3.63, 3.8) is 0 Å². The molecule has 2 N–H and O–H groups in total. The van der Waals surface area contributed by atoms with Crippen LogP contribution in [-0.4, -0.2) is 37.5 Å². The van der Waals surface area contributed by atoms with Crippen molar-refractivity contribution in [2.24, 2.45) is 10.2 Å². The number of hydrazone groups is 2. The number of rotatable bonds is 9. The van der Waals surface area contributed by atoms with Gasteiger partial charge < -0.3 is 9.47 Å². The molecule has 0 saturated heterocycles. The minimum atomic E-state index is -0.413. The molecule has 8 heteroatoms. The van der Waals surface area contributed by atoms with E-state index in [1.807, 2.05) is 50.2 Å². The van der Waals surface area contributed by atoms with E-state index in [1.54, 1.807) is 12.1 Å². The van der Waals surface area contributed by atoms with Gasteiger partial charge in [-0.05, 0) is 37.1 Å². The van der Waals surface area contributed by atoms with Crippen LogP contribution < -0.4 is 20.3 Å². The highest BCUT2D eigenvalue weighted by atomic mass is 16.5. The van der Waals surface area contributed by atoms with Gasteiger partial charge in [0.2, 0.25) is 0 Å². The molecule has 0 aliphatic rings. The maximum Gasteiger partial charge on any atom is 0.277 e. The fraction of sp³-hybridized carbons (Fsp3) is 0.200. The highest BCUT2D eigenvalue weighted by Gasteiger charge is 2.04. The SMILES string of the molecule is Cc1ccccc1OCC(=O)NN=CC=NNC(=O)COc1ccccc1C. The molecule has 0 saturated carbocycles. The smallest absolute Gasteiger partial charge is 0.277 e. The fourth-order valence-corrected chi connectivity index (χ4v) is 2.07. The summed E-state index contributed by atoms with van der Waals surface area (Å²) in [6, 6.07) is 14.8. The quantitative estimate of drug-likeness (QED) is 0.511. The highest BCUT2D eigenvalue weighted by molar-refractivity contribution is 6.16. The number of hydrogen-bond donors (Lipinski definition) is 2. The molecule has 2 aromatic rings. The van der Waals surface area contributed by atoms with Crippen LogP contribution in [0.25, 0.3) is 0 Å². The Morgan fingerprint density at radius 2 is 1.18 bits per heavy atom. The number of benzene rings is 2. The lowest BCUT2D eigenvalue weighted by Crippen LogP contribution is -2.25. The number of amides is 2. The van der Waals surface area contributed by atoms with Crippen molar-refractivity contribution in [2.75, 3.05) is 13.2 Å². The van der Waals surface area contributed by atoms with E-state index in [4.69, 9.17) is 9.47 Å². The molecule has 0 unspecified atom stereocenters. The topological polar surface area (TPSA) is 101 Å². The summed E-state index contributed by atoms with van der Waals surface area (Å²) in [5, 5.41) is 7.34. The number of nitrogens with zero attached hydrogens (tertiary/aromatic N) is 2. The molecule has 0 aliphatic carbocycles. The predicted molar refractivity (Wildman–Crippen MR) is 107 cm³/mol. The monoisotopic (exact) mass is 382 g/mol. The van der Waals surface area contributed by atoms with Crippen LogP contribution >= 0.6 is 0 Å². The van der Waals surface area contributed by atoms with Gasteiger partial charge in [0.05, 0.1) is 12.4 Å². The number of nitrogens with one attached hydrogen (secondary N) is 2. The van der Waals surface area contributed by atoms with Crippen LogP contribution in [0.2, 0.25) is 0 Å². The summed E-state index contributed by atoms with van der Waals surface area (Å²) >= 11 is 0. The first-order chi connectivity index (χ1) is 13.6. The molecule has 0 aliphatic heterocycles. The molecule has 0 aromatic heterocycles. The van der Waals surface area contributed by atoms with E-state index in [0.29, 0.717) is 11.5 Å². The molecule has 0 fully saturated rings. The molecule has 2 aromatic carbocycles. The average molecular weight is 382 g/mol. The number of aryl methyl sites for hydroxylation is 2. The number of ether oxygens (including phenoxy) is 2. The molecular weight excluding hydrogens is 360 g/mol. The molecule has 0 radical (unpaired) electrons. The maximum atomic E-state index is 11.6. The van der Waals surface area contributed by atoms with Gasteiger partial charge in [0, 0.05) is 0 Å². The summed E-state index contributed by atoms with van der Waals surface area (Å²) < 4.78 is 10.8. The number of carbonyl (C=O) groups is 2. The van der Waals surface area contributed by atoms with Gasteiger partial charge >= 0.3 is 0 Å². The molecule has 28 heavy (non-hydrogen) atoms. The zero-order chi connectivity index (χ0) is 20.2. The second kappa shape index (κ2) is 11.1. The van der Waals surface area contributed by atoms with Crippen molar-refractivity contribution in [3.05, 3.63) is 59.7 Å². The van der Waals surface area contributed by atoms with Crippen molar-refractivity contribution in [1.82, 2.24) is 10.9 Å². The van der Waals surface area contributed by atoms with E-state index in [2.05, 4.69) is 21.1 Å². The Morgan fingerprint density at radius 3 is 1.57 bits per heavy atom. The molecule has 2 rings (SSSR count). The van der Waals surface area contributed by atoms with Crippen molar-refractivity contribution >= 4 is 24.2 Å². The summed E-state index contributed by atoms with van der Waals surface area (Å²) in [5.41, 5.74) is 6.46. The molecule has 146 valence electrons. The molecule has 0 spiro atoms. The van der Waals surface area contributed by atoms with Gasteiger partial charge in [-0.3, -0.25) is 9.59 Å². The molecule has 0 heterocycles. The van der Waals surface area contributed by atoms with Gasteiger partial charge in [0.25, 0.3) is 11.8 Å². The average Bonchev–Trinajstić information content (AvgIpc) is 2.69. The van der Waals surface area contributed by atoms with E-state index in [1.165, 1.54) is 12.4 Å². The maximum absolute atomic E-state index is 11.6. The molecule has 0 atom stereocenters. The van der Waals surface area contributed by atoms with E-state index < -0.39 is 11.8 Å². The van der Waals surface area contributed by atoms with Crippen LogP contribution in [0, 0.1) is 13.8 Å². The van der Waals surface area contributed by atoms with Crippen LogP contribution in [0.4, 0.5) is 0 Å². The van der Waals surface area contributed by atoms with Gasteiger partial charge in [-0.25, -0.2) is 10.9 Å². The summed E-state index contributed by atoms with van der Waals surface area (Å²) in [7, 11) is 0. The van der Waals surface area contributed by atoms with Gasteiger partial charge in [0.1, 0.15) is 11.5 Å². The largest absolute Gasteiger partial charge is 0.483 e. The summed E-state index contributed by atoms with van der Waals surface area (Å²) in [4.78, 5) is 23.3. The Kier molecular flexibility index (Phi) is 8.19. The number of carbonyl (C=O) groups excluding carboxylic acids is 2. The van der Waals surface area contributed by atoms with Gasteiger partial charge in [0.15, 0.2) is 13.2 Å². The van der Waals surface area contributed by atoms with Crippen molar-refractivity contribution in [2.45, 2.75) is 13.8 Å². The molecule has 0 bridgehead atoms. The third kappa shape index (κ3) is 7.28. The summed E-state index contributed by atoms with van der Waals surface area (Å²) in [6.07, 6.45) is 2.46. The van der Waals surface area contributed by atoms with E-state index >= 15 is 0 Å². The number of para-hydroxylation sites is 2. The van der Waals surface area contributed by atoms with Crippen LogP contribution in [0.3, 0.4) is 0 Å². The first kappa shape index (κ1) is 20.6. The van der Waals surface area contributed by atoms with E-state index in [-0.39, 0.29) is 13.2 Å². The van der Waals surface area contributed by atoms with Gasteiger partial charge in [-0.15, -0.1) is 0 Å². The van der Waals surface area contributed by atoms with Crippen molar-refractivity contribution < 1.29 is 19.1 Å². The van der Waals surface area contributed by atoms with Crippen LogP contribution in [0.5, 0.6) is 11.5 Å². The van der Waals surface area contributed by atoms with Crippen molar-refractivity contribution in [1.29, 1.82) is 0 Å². The van der Waals surface area contributed by atoms with E-state index in [0.717, 1.165) is 11.1 Å². The Bertz CT molecular complexity index is 793. The minimum absolute atomic E-state index is 0.160. The Morgan fingerprint density at radius 1 is 0.786 bits per heavy atom. The molecule has 2 amide bonds. The van der Waals surface area contributed by atoms with Crippen LogP contribution in [0.15, 0.2) is 58.7 Å². The molecule has 8 nitrogen and oxygen atoms in total. The predicted octanol–water partition coefficient (Wildman–Crippen LogP) is 1.97. The van der Waals surface area contributed by atoms with E-state index in [9.17, 15) is 9.59 Å². The third-order valence-corrected chi connectivity index (χ3v) is 3.50. The van der Waals surface area contributed by atoms with Crippen LogP contribution in [0.1, 0.15) is 11.1 Å². The van der Waals surface area contributed by atoms with Crippen LogP contribution in [-0.2, 0) is 9.59 Å². The Labute approximate surface area is 163 Å². The lowest BCUT2D eigenvalue weighted by Gasteiger charge is -2.07. The zero-order valence-electron chi connectivity index (χ0n) is 15.7. The lowest BCUT2D eigenvalue weighted by atomic mass is 10.2. The summed E-state index contributed by atoms with van der Waals surface area (Å²) in [5.74, 6) is 0.449. The highest BCUT2D eigenvalue weighted by Crippen LogP contribution is 2.16. The second-order valence-corrected chi connectivity index (χ2v) is 5.73. The first-order valence-electron chi connectivity index (χ1n) is 8.55. The third-order valence-electron chi connectivity index (χ3n) is 3.50. The Hall–Kier alpha value is -3.68. The lowest BCUT2D eigenvalue weighted by molar-refractivity contribution is -0.123. The second-order valence-electron chi connectivity index (χ2n) is 5.73.